The van der Waals surface area contributed by atoms with Crippen LogP contribution in [-0.2, 0) is 0 Å². The molecule has 8 heavy (non-hydrogen) atoms. The highest BCUT2D eigenvalue weighted by Crippen LogP contribution is 2.10. The molecule has 1 saturated heterocycles. The Morgan fingerprint density at radius 1 is 1.62 bits per heavy atom. The quantitative estimate of drug-likeness (QED) is 0.501. The van der Waals surface area contributed by atoms with Crippen LogP contribution in [0.3, 0.4) is 0 Å². The molecule has 0 aromatic carbocycles. The summed E-state index contributed by atoms with van der Waals surface area (Å²) in [7, 11) is 0. The molecule has 48 valence electrons. The third-order valence-corrected chi connectivity index (χ3v) is 1.67. The molecule has 0 aromatic heterocycles. The van der Waals surface area contributed by atoms with Crippen molar-refractivity contribution >= 4 is 0 Å². The smallest absolute Gasteiger partial charge is 0.115 e. The Kier molecular flexibility index (Phi) is 1.84. The van der Waals surface area contributed by atoms with E-state index in [-0.39, 0.29) is 6.04 Å². The molecule has 0 spiro atoms. The van der Waals surface area contributed by atoms with Gasteiger partial charge in [0.05, 0.1) is 0 Å². The van der Waals surface area contributed by atoms with E-state index in [0.717, 1.165) is 19.4 Å². The fourth-order valence-corrected chi connectivity index (χ4v) is 1.00. The van der Waals surface area contributed by atoms with Crippen LogP contribution >= 0.6 is 0 Å². The van der Waals surface area contributed by atoms with E-state index in [1.54, 1.807) is 0 Å². The molecule has 0 saturated carbocycles. The maximum atomic E-state index is 12.5. The van der Waals surface area contributed by atoms with Crippen molar-refractivity contribution in [2.24, 2.45) is 0 Å². The number of rotatable bonds is 0. The average Bonchev–Trinajstić information content (AvgIpc) is 1.77. The van der Waals surface area contributed by atoms with Gasteiger partial charge in [-0.25, -0.2) is 4.39 Å². The van der Waals surface area contributed by atoms with Crippen molar-refractivity contribution in [3.05, 3.63) is 0 Å². The second kappa shape index (κ2) is 2.44. The molecule has 0 unspecified atom stereocenters. The Balaban J connectivity index is 2.28. The first-order valence-electron chi connectivity index (χ1n) is 3.18. The lowest BCUT2D eigenvalue weighted by molar-refractivity contribution is 0.211. The molecule has 1 aliphatic heterocycles. The van der Waals surface area contributed by atoms with Gasteiger partial charge in [0.2, 0.25) is 0 Å². The minimum absolute atomic E-state index is 0.0868. The van der Waals surface area contributed by atoms with Gasteiger partial charge < -0.3 is 5.32 Å². The molecule has 1 N–H and O–H groups in total. The summed E-state index contributed by atoms with van der Waals surface area (Å²) in [6, 6.07) is 0.0868. The number of hydrogen-bond acceptors (Lipinski definition) is 1. The topological polar surface area (TPSA) is 12.0 Å². The molecular formula is C6H12FN. The van der Waals surface area contributed by atoms with E-state index in [4.69, 9.17) is 0 Å². The first kappa shape index (κ1) is 6.02. The Labute approximate surface area is 49.3 Å². The van der Waals surface area contributed by atoms with Crippen molar-refractivity contribution in [2.75, 3.05) is 6.54 Å². The Morgan fingerprint density at radius 2 is 2.38 bits per heavy atom. The van der Waals surface area contributed by atoms with Crippen molar-refractivity contribution in [2.45, 2.75) is 32.0 Å². The van der Waals surface area contributed by atoms with Crippen LogP contribution in [0.5, 0.6) is 0 Å². The number of nitrogens with one attached hydrogen (secondary N) is 1. The van der Waals surface area contributed by atoms with Crippen LogP contribution in [-0.4, -0.2) is 18.8 Å². The fourth-order valence-electron chi connectivity index (χ4n) is 1.00. The summed E-state index contributed by atoms with van der Waals surface area (Å²) in [6.45, 7) is 2.88. The molecule has 2 atom stereocenters. The highest BCUT2D eigenvalue weighted by atomic mass is 19.1. The number of alkyl halides is 1. The van der Waals surface area contributed by atoms with E-state index < -0.39 is 6.17 Å². The maximum Gasteiger partial charge on any atom is 0.115 e. The molecule has 0 bridgehead atoms. The zero-order valence-electron chi connectivity index (χ0n) is 5.15. The van der Waals surface area contributed by atoms with Crippen LogP contribution in [0.25, 0.3) is 0 Å². The monoisotopic (exact) mass is 117 g/mol. The molecule has 1 rings (SSSR count). The van der Waals surface area contributed by atoms with E-state index >= 15 is 0 Å². The zero-order chi connectivity index (χ0) is 5.98. The Hall–Kier alpha value is -0.110. The van der Waals surface area contributed by atoms with Gasteiger partial charge in [-0.15, -0.1) is 0 Å². The van der Waals surface area contributed by atoms with E-state index in [0.29, 0.717) is 0 Å². The van der Waals surface area contributed by atoms with Crippen molar-refractivity contribution in [3.8, 4) is 0 Å². The van der Waals surface area contributed by atoms with Crippen LogP contribution < -0.4 is 5.32 Å². The molecule has 1 fully saturated rings. The summed E-state index contributed by atoms with van der Waals surface area (Å²) in [5.74, 6) is 0. The number of piperidine rings is 1. The second-order valence-electron chi connectivity index (χ2n) is 2.40. The van der Waals surface area contributed by atoms with Gasteiger partial charge in [-0.2, -0.15) is 0 Å². The van der Waals surface area contributed by atoms with Gasteiger partial charge in [-0.3, -0.25) is 0 Å². The van der Waals surface area contributed by atoms with Gasteiger partial charge in [0, 0.05) is 6.04 Å². The lowest BCUT2D eigenvalue weighted by Gasteiger charge is -2.23. The first-order chi connectivity index (χ1) is 3.80. The Bertz CT molecular complexity index is 64.9. The average molecular weight is 117 g/mol. The van der Waals surface area contributed by atoms with E-state index in [2.05, 4.69) is 5.32 Å². The predicted molar refractivity (Wildman–Crippen MR) is 31.6 cm³/mol. The minimum atomic E-state index is -0.608. The molecule has 2 heteroatoms. The SMILES string of the molecule is C[C@@H]1NCCC[C@@H]1F. The second-order valence-corrected chi connectivity index (χ2v) is 2.40. The van der Waals surface area contributed by atoms with Gasteiger partial charge in [-0.1, -0.05) is 0 Å². The van der Waals surface area contributed by atoms with Gasteiger partial charge >= 0.3 is 0 Å². The van der Waals surface area contributed by atoms with E-state index in [1.165, 1.54) is 0 Å². The molecule has 0 radical (unpaired) electrons. The maximum absolute atomic E-state index is 12.5. The summed E-state index contributed by atoms with van der Waals surface area (Å²) < 4.78 is 12.5. The van der Waals surface area contributed by atoms with Gasteiger partial charge in [0.15, 0.2) is 0 Å². The standard InChI is InChI=1S/C6H12FN/c1-5-6(7)3-2-4-8-5/h5-6,8H,2-4H2,1H3/t5-,6-/m0/s1. The van der Waals surface area contributed by atoms with Crippen molar-refractivity contribution in [3.63, 3.8) is 0 Å². The first-order valence-corrected chi connectivity index (χ1v) is 3.18. The van der Waals surface area contributed by atoms with Crippen molar-refractivity contribution in [1.29, 1.82) is 0 Å². The van der Waals surface area contributed by atoms with Crippen molar-refractivity contribution < 1.29 is 4.39 Å². The van der Waals surface area contributed by atoms with Crippen LogP contribution in [0, 0.1) is 0 Å². The van der Waals surface area contributed by atoms with Crippen LogP contribution in [0.1, 0.15) is 19.8 Å². The molecule has 1 aliphatic rings. The van der Waals surface area contributed by atoms with Crippen LogP contribution in [0.15, 0.2) is 0 Å². The molecule has 0 aliphatic carbocycles. The fraction of sp³-hybridized carbons (Fsp3) is 1.00. The zero-order valence-corrected chi connectivity index (χ0v) is 5.15. The van der Waals surface area contributed by atoms with E-state index in [9.17, 15) is 4.39 Å². The van der Waals surface area contributed by atoms with Gasteiger partial charge in [-0.05, 0) is 26.3 Å². The third-order valence-electron chi connectivity index (χ3n) is 1.67. The summed E-state index contributed by atoms with van der Waals surface area (Å²) >= 11 is 0. The molecule has 1 nitrogen and oxygen atoms in total. The molecule has 0 aromatic rings. The van der Waals surface area contributed by atoms with Crippen LogP contribution in [0.4, 0.5) is 4.39 Å². The molecular weight excluding hydrogens is 105 g/mol. The third kappa shape index (κ3) is 1.19. The normalized spacial score (nSPS) is 39.8. The summed E-state index contributed by atoms with van der Waals surface area (Å²) in [5, 5.41) is 3.06. The van der Waals surface area contributed by atoms with E-state index in [1.807, 2.05) is 6.92 Å². The summed E-state index contributed by atoms with van der Waals surface area (Å²) in [4.78, 5) is 0. The number of hydrogen-bond donors (Lipinski definition) is 1. The van der Waals surface area contributed by atoms with Gasteiger partial charge in [0.1, 0.15) is 6.17 Å². The lowest BCUT2D eigenvalue weighted by atomic mass is 10.1. The highest BCUT2D eigenvalue weighted by molar-refractivity contribution is 4.76. The number of halogens is 1. The summed E-state index contributed by atoms with van der Waals surface area (Å²) in [6.07, 6.45) is 1.13. The van der Waals surface area contributed by atoms with Crippen molar-refractivity contribution in [1.82, 2.24) is 5.32 Å². The Morgan fingerprint density at radius 3 is 2.75 bits per heavy atom. The largest absolute Gasteiger partial charge is 0.311 e. The molecule has 1 heterocycles. The highest BCUT2D eigenvalue weighted by Gasteiger charge is 2.18. The predicted octanol–water partition coefficient (Wildman–Crippen LogP) is 1.10. The molecule has 0 amide bonds. The lowest BCUT2D eigenvalue weighted by Crippen LogP contribution is -2.40. The van der Waals surface area contributed by atoms with Gasteiger partial charge in [0.25, 0.3) is 0 Å². The minimum Gasteiger partial charge on any atom is -0.311 e. The van der Waals surface area contributed by atoms with Crippen LogP contribution in [0.2, 0.25) is 0 Å². The summed E-state index contributed by atoms with van der Waals surface area (Å²) in [5.41, 5.74) is 0.